The summed E-state index contributed by atoms with van der Waals surface area (Å²) in [7, 11) is 0. The van der Waals surface area contributed by atoms with Crippen molar-refractivity contribution in [2.45, 2.75) is 51.2 Å². The van der Waals surface area contributed by atoms with E-state index in [1.165, 1.54) is 4.90 Å². The average molecular weight is 388 g/mol. The number of hydrogen-bond acceptors (Lipinski definition) is 6. The van der Waals surface area contributed by atoms with E-state index in [2.05, 4.69) is 23.3 Å². The van der Waals surface area contributed by atoms with Crippen molar-refractivity contribution in [2.24, 2.45) is 11.7 Å². The number of aliphatic carboxylic acids is 1. The monoisotopic (exact) mass is 388 g/mol. The molecule has 9 nitrogen and oxygen atoms in total. The van der Waals surface area contributed by atoms with Crippen LogP contribution < -0.4 is 16.4 Å². The number of likely N-dealkylation sites (tertiary alicyclic amines) is 1. The molecule has 1 aliphatic heterocycles. The van der Waals surface area contributed by atoms with Crippen LogP contribution in [0.25, 0.3) is 0 Å². The zero-order valence-electron chi connectivity index (χ0n) is 15.1. The van der Waals surface area contributed by atoms with Crippen molar-refractivity contribution >= 4 is 36.3 Å². The van der Waals surface area contributed by atoms with E-state index in [-0.39, 0.29) is 24.1 Å². The van der Waals surface area contributed by atoms with E-state index in [0.717, 1.165) is 0 Å². The zero-order valence-corrected chi connectivity index (χ0v) is 16.0. The number of hydrogen-bond donors (Lipinski definition) is 5. The van der Waals surface area contributed by atoms with Crippen LogP contribution in [0, 0.1) is 5.92 Å². The highest BCUT2D eigenvalue weighted by Gasteiger charge is 2.36. The third kappa shape index (κ3) is 6.49. The Labute approximate surface area is 158 Å². The Morgan fingerprint density at radius 1 is 1.31 bits per heavy atom. The number of thiol groups is 1. The van der Waals surface area contributed by atoms with Crippen LogP contribution in [0.1, 0.15) is 33.1 Å². The van der Waals surface area contributed by atoms with Crippen LogP contribution >= 0.6 is 12.6 Å². The fraction of sp³-hybridized carbons (Fsp3) is 0.750. The first-order chi connectivity index (χ1) is 12.2. The molecule has 3 amide bonds. The lowest BCUT2D eigenvalue weighted by molar-refractivity contribution is -0.141. The fourth-order valence-electron chi connectivity index (χ4n) is 2.84. The van der Waals surface area contributed by atoms with Gasteiger partial charge in [0, 0.05) is 12.3 Å². The summed E-state index contributed by atoms with van der Waals surface area (Å²) in [4.78, 5) is 48.9. The summed E-state index contributed by atoms with van der Waals surface area (Å²) >= 11 is 3.85. The molecule has 1 saturated heterocycles. The smallest absolute Gasteiger partial charge is 0.327 e. The highest BCUT2D eigenvalue weighted by atomic mass is 32.1. The molecule has 0 radical (unpaired) electrons. The normalized spacial score (nSPS) is 19.1. The molecule has 0 saturated carbocycles. The predicted molar refractivity (Wildman–Crippen MR) is 98.6 cm³/mol. The van der Waals surface area contributed by atoms with Gasteiger partial charge in [-0.2, -0.15) is 12.6 Å². The third-order valence-corrected chi connectivity index (χ3v) is 4.49. The van der Waals surface area contributed by atoms with Crippen molar-refractivity contribution in [3.05, 3.63) is 0 Å². The Morgan fingerprint density at radius 3 is 2.50 bits per heavy atom. The van der Waals surface area contributed by atoms with Gasteiger partial charge >= 0.3 is 5.97 Å². The molecule has 0 aliphatic carbocycles. The van der Waals surface area contributed by atoms with Crippen molar-refractivity contribution in [1.82, 2.24) is 15.5 Å². The number of carbonyl (C=O) groups excluding carboxylic acids is 3. The molecule has 0 aromatic rings. The van der Waals surface area contributed by atoms with Crippen molar-refractivity contribution in [3.8, 4) is 0 Å². The minimum Gasteiger partial charge on any atom is -0.480 e. The number of nitrogens with two attached hydrogens (primary N) is 1. The Hall–Kier alpha value is -1.81. The van der Waals surface area contributed by atoms with Crippen LogP contribution in [0.3, 0.4) is 0 Å². The SMILES string of the molecule is CC(C)CC(N)C(=O)N1CCCC1C(=O)NCC(=O)NC(CS)C(=O)O. The number of nitrogens with zero attached hydrogens (tertiary/aromatic N) is 1. The second-order valence-electron chi connectivity index (χ2n) is 6.78. The Morgan fingerprint density at radius 2 is 1.96 bits per heavy atom. The van der Waals surface area contributed by atoms with Crippen LogP contribution in [0.2, 0.25) is 0 Å². The van der Waals surface area contributed by atoms with Crippen LogP contribution in [0.15, 0.2) is 0 Å². The first kappa shape index (κ1) is 22.2. The average Bonchev–Trinajstić information content (AvgIpc) is 3.05. The molecule has 26 heavy (non-hydrogen) atoms. The first-order valence-corrected chi connectivity index (χ1v) is 9.27. The van der Waals surface area contributed by atoms with Gasteiger partial charge in [0.25, 0.3) is 0 Å². The largest absolute Gasteiger partial charge is 0.480 e. The lowest BCUT2D eigenvalue weighted by Gasteiger charge is -2.27. The van der Waals surface area contributed by atoms with E-state index in [1.807, 2.05) is 13.8 Å². The zero-order chi connectivity index (χ0) is 19.9. The van der Waals surface area contributed by atoms with Gasteiger partial charge in [-0.25, -0.2) is 4.79 Å². The van der Waals surface area contributed by atoms with E-state index >= 15 is 0 Å². The minimum atomic E-state index is -1.20. The summed E-state index contributed by atoms with van der Waals surface area (Å²) in [5.74, 6) is -2.34. The maximum atomic E-state index is 12.5. The van der Waals surface area contributed by atoms with Gasteiger partial charge < -0.3 is 26.4 Å². The summed E-state index contributed by atoms with van der Waals surface area (Å²) in [5.41, 5.74) is 5.93. The second kappa shape index (κ2) is 10.4. The van der Waals surface area contributed by atoms with Gasteiger partial charge in [-0.15, -0.1) is 0 Å². The van der Waals surface area contributed by atoms with E-state index in [0.29, 0.717) is 25.8 Å². The van der Waals surface area contributed by atoms with E-state index in [4.69, 9.17) is 10.8 Å². The molecule has 10 heteroatoms. The maximum Gasteiger partial charge on any atom is 0.327 e. The number of amides is 3. The van der Waals surface area contributed by atoms with Gasteiger partial charge in [0.2, 0.25) is 17.7 Å². The Bertz CT molecular complexity index is 543. The van der Waals surface area contributed by atoms with Gasteiger partial charge in [0.15, 0.2) is 0 Å². The third-order valence-electron chi connectivity index (χ3n) is 4.12. The predicted octanol–water partition coefficient (Wildman–Crippen LogP) is -1.03. The highest BCUT2D eigenvalue weighted by molar-refractivity contribution is 7.80. The Kier molecular flexibility index (Phi) is 8.86. The van der Waals surface area contributed by atoms with Gasteiger partial charge in [-0.3, -0.25) is 14.4 Å². The van der Waals surface area contributed by atoms with E-state index in [1.54, 1.807) is 0 Å². The highest BCUT2D eigenvalue weighted by Crippen LogP contribution is 2.19. The first-order valence-electron chi connectivity index (χ1n) is 8.64. The summed E-state index contributed by atoms with van der Waals surface area (Å²) in [5, 5.41) is 13.6. The molecule has 148 valence electrons. The summed E-state index contributed by atoms with van der Waals surface area (Å²) in [6.07, 6.45) is 1.72. The molecule has 1 rings (SSSR count). The van der Waals surface area contributed by atoms with E-state index in [9.17, 15) is 19.2 Å². The summed E-state index contributed by atoms with van der Waals surface area (Å²) in [6.45, 7) is 4.02. The molecule has 0 bridgehead atoms. The van der Waals surface area contributed by atoms with E-state index < -0.39 is 35.9 Å². The number of carbonyl (C=O) groups is 4. The molecule has 3 atom stereocenters. The molecular formula is C16H28N4O5S. The fourth-order valence-corrected chi connectivity index (χ4v) is 3.09. The van der Waals surface area contributed by atoms with Crippen LogP contribution in [0.5, 0.6) is 0 Å². The molecule has 1 heterocycles. The molecule has 0 aromatic carbocycles. The minimum absolute atomic E-state index is 0.0618. The molecule has 0 aromatic heterocycles. The standard InChI is InChI=1S/C16H28N4O5S/c1-9(2)6-10(17)15(23)20-5-3-4-12(20)14(22)18-7-13(21)19-11(8-26)16(24)25/h9-12,26H,3-8,17H2,1-2H3,(H,18,22)(H,19,21)(H,24,25). The van der Waals surface area contributed by atoms with Crippen molar-refractivity contribution in [1.29, 1.82) is 0 Å². The quantitative estimate of drug-likeness (QED) is 0.320. The number of rotatable bonds is 9. The Balaban J connectivity index is 2.56. The molecule has 1 fully saturated rings. The van der Waals surface area contributed by atoms with Crippen molar-refractivity contribution < 1.29 is 24.3 Å². The van der Waals surface area contributed by atoms with Crippen LogP contribution in [0.4, 0.5) is 0 Å². The topological polar surface area (TPSA) is 142 Å². The van der Waals surface area contributed by atoms with Crippen molar-refractivity contribution in [3.63, 3.8) is 0 Å². The molecule has 3 unspecified atom stereocenters. The number of carboxylic acids is 1. The lowest BCUT2D eigenvalue weighted by atomic mass is 10.0. The second-order valence-corrected chi connectivity index (χ2v) is 7.15. The molecule has 0 spiro atoms. The lowest BCUT2D eigenvalue weighted by Crippen LogP contribution is -2.53. The van der Waals surface area contributed by atoms with Gasteiger partial charge in [0.1, 0.15) is 12.1 Å². The van der Waals surface area contributed by atoms with Crippen LogP contribution in [-0.4, -0.2) is 70.7 Å². The van der Waals surface area contributed by atoms with Gasteiger partial charge in [-0.05, 0) is 25.2 Å². The van der Waals surface area contributed by atoms with Crippen LogP contribution in [-0.2, 0) is 19.2 Å². The number of nitrogens with one attached hydrogen (secondary N) is 2. The summed E-state index contributed by atoms with van der Waals surface area (Å²) in [6, 6.07) is -2.44. The number of carboxylic acid groups (broad SMARTS) is 1. The molecular weight excluding hydrogens is 360 g/mol. The molecule has 5 N–H and O–H groups in total. The maximum absolute atomic E-state index is 12.5. The summed E-state index contributed by atoms with van der Waals surface area (Å²) < 4.78 is 0. The van der Waals surface area contributed by atoms with Gasteiger partial charge in [0.05, 0.1) is 12.6 Å². The molecule has 1 aliphatic rings. The van der Waals surface area contributed by atoms with Crippen molar-refractivity contribution in [2.75, 3.05) is 18.8 Å². The van der Waals surface area contributed by atoms with Gasteiger partial charge in [-0.1, -0.05) is 13.8 Å².